The van der Waals surface area contributed by atoms with Crippen molar-refractivity contribution >= 4 is 17.3 Å². The van der Waals surface area contributed by atoms with Crippen molar-refractivity contribution in [2.45, 2.75) is 20.4 Å². The molecule has 1 aromatic heterocycles. The van der Waals surface area contributed by atoms with Gasteiger partial charge >= 0.3 is 5.97 Å². The number of carbonyl (C=O) groups excluding carboxylic acids is 1. The van der Waals surface area contributed by atoms with Gasteiger partial charge in [-0.3, -0.25) is 10.1 Å². The number of aromatic nitrogens is 2. The molecule has 128 valence electrons. The second-order valence-electron chi connectivity index (χ2n) is 5.68. The second-order valence-corrected chi connectivity index (χ2v) is 5.68. The van der Waals surface area contributed by atoms with Crippen molar-refractivity contribution in [2.75, 3.05) is 19.0 Å². The van der Waals surface area contributed by atoms with E-state index in [1.54, 1.807) is 25.5 Å². The highest BCUT2D eigenvalue weighted by molar-refractivity contribution is 5.96. The van der Waals surface area contributed by atoms with E-state index in [9.17, 15) is 14.9 Å². The molecule has 1 atom stereocenters. The van der Waals surface area contributed by atoms with E-state index in [1.165, 1.54) is 13.2 Å². The summed E-state index contributed by atoms with van der Waals surface area (Å²) in [6, 6.07) is 2.86. The van der Waals surface area contributed by atoms with Crippen LogP contribution in [0, 0.1) is 23.0 Å². The van der Waals surface area contributed by atoms with Crippen LogP contribution in [0.3, 0.4) is 0 Å². The van der Waals surface area contributed by atoms with Crippen molar-refractivity contribution in [2.24, 2.45) is 5.92 Å². The number of aryl methyl sites for hydroxylation is 1. The van der Waals surface area contributed by atoms with E-state index >= 15 is 0 Å². The van der Waals surface area contributed by atoms with Gasteiger partial charge in [0.25, 0.3) is 5.69 Å². The zero-order valence-electron chi connectivity index (χ0n) is 13.9. The summed E-state index contributed by atoms with van der Waals surface area (Å²) >= 11 is 0. The highest BCUT2D eigenvalue weighted by Crippen LogP contribution is 2.27. The molecule has 0 saturated heterocycles. The van der Waals surface area contributed by atoms with Crippen LogP contribution in [0.1, 0.15) is 22.8 Å². The van der Waals surface area contributed by atoms with Gasteiger partial charge < -0.3 is 14.6 Å². The SMILES string of the molecule is COC(=O)c1cc([N+](=O)[O-])c(C)cc1NC[C@@H](C)Cn1ccnc1. The van der Waals surface area contributed by atoms with Crippen molar-refractivity contribution in [3.05, 3.63) is 52.1 Å². The van der Waals surface area contributed by atoms with Crippen molar-refractivity contribution in [1.82, 2.24) is 9.55 Å². The molecule has 0 aliphatic carbocycles. The second kappa shape index (κ2) is 7.58. The molecule has 8 heteroatoms. The maximum Gasteiger partial charge on any atom is 0.340 e. The largest absolute Gasteiger partial charge is 0.465 e. The molecule has 2 aromatic rings. The quantitative estimate of drug-likeness (QED) is 0.475. The third-order valence-corrected chi connectivity index (χ3v) is 3.66. The number of carbonyl (C=O) groups is 1. The smallest absolute Gasteiger partial charge is 0.340 e. The molecule has 1 aromatic carbocycles. The third-order valence-electron chi connectivity index (χ3n) is 3.66. The Morgan fingerprint density at radius 1 is 1.50 bits per heavy atom. The number of rotatable bonds is 7. The van der Waals surface area contributed by atoms with Crippen molar-refractivity contribution in [3.63, 3.8) is 0 Å². The van der Waals surface area contributed by atoms with Crippen LogP contribution >= 0.6 is 0 Å². The summed E-state index contributed by atoms with van der Waals surface area (Å²) < 4.78 is 6.70. The number of imidazole rings is 1. The summed E-state index contributed by atoms with van der Waals surface area (Å²) in [4.78, 5) is 26.5. The first kappa shape index (κ1) is 17.5. The number of nitrogens with one attached hydrogen (secondary N) is 1. The summed E-state index contributed by atoms with van der Waals surface area (Å²) in [7, 11) is 1.25. The van der Waals surface area contributed by atoms with Gasteiger partial charge in [-0.1, -0.05) is 6.92 Å². The highest BCUT2D eigenvalue weighted by atomic mass is 16.6. The summed E-state index contributed by atoms with van der Waals surface area (Å²) in [5.41, 5.74) is 1.07. The van der Waals surface area contributed by atoms with Crippen LogP contribution < -0.4 is 5.32 Å². The van der Waals surface area contributed by atoms with Gasteiger partial charge in [-0.15, -0.1) is 0 Å². The number of hydrogen-bond acceptors (Lipinski definition) is 6. The fourth-order valence-corrected chi connectivity index (χ4v) is 2.42. The molecule has 2 rings (SSSR count). The van der Waals surface area contributed by atoms with Crippen LogP contribution in [0.4, 0.5) is 11.4 Å². The molecule has 0 fully saturated rings. The molecule has 1 N–H and O–H groups in total. The Morgan fingerprint density at radius 3 is 2.83 bits per heavy atom. The lowest BCUT2D eigenvalue weighted by molar-refractivity contribution is -0.385. The molecule has 0 saturated carbocycles. The average Bonchev–Trinajstić information content (AvgIpc) is 3.04. The Hall–Kier alpha value is -2.90. The number of anilines is 1. The first-order valence-electron chi connectivity index (χ1n) is 7.49. The zero-order chi connectivity index (χ0) is 17.7. The van der Waals surface area contributed by atoms with E-state index in [0.29, 0.717) is 17.8 Å². The predicted molar refractivity (Wildman–Crippen MR) is 89.1 cm³/mol. The molecule has 0 radical (unpaired) electrons. The molecule has 0 spiro atoms. The Balaban J connectivity index is 2.17. The molecule has 1 heterocycles. The van der Waals surface area contributed by atoms with Gasteiger partial charge in [-0.2, -0.15) is 0 Å². The van der Waals surface area contributed by atoms with Gasteiger partial charge in [-0.25, -0.2) is 9.78 Å². The van der Waals surface area contributed by atoms with Gasteiger partial charge in [0.05, 0.1) is 23.9 Å². The molecule has 0 aliphatic heterocycles. The maximum absolute atomic E-state index is 11.9. The Bertz CT molecular complexity index is 728. The van der Waals surface area contributed by atoms with E-state index in [2.05, 4.69) is 17.2 Å². The van der Waals surface area contributed by atoms with Crippen LogP contribution in [0.5, 0.6) is 0 Å². The Morgan fingerprint density at radius 2 is 2.25 bits per heavy atom. The number of hydrogen-bond donors (Lipinski definition) is 1. The molecule has 0 aliphatic rings. The minimum absolute atomic E-state index is 0.104. The number of nitrogens with zero attached hydrogens (tertiary/aromatic N) is 3. The lowest BCUT2D eigenvalue weighted by Crippen LogP contribution is -2.18. The summed E-state index contributed by atoms with van der Waals surface area (Å²) in [5, 5.41) is 14.3. The van der Waals surface area contributed by atoms with Crippen LogP contribution in [-0.2, 0) is 11.3 Å². The van der Waals surface area contributed by atoms with E-state index in [1.807, 2.05) is 10.8 Å². The van der Waals surface area contributed by atoms with Gasteiger partial charge in [0.1, 0.15) is 0 Å². The molecule has 24 heavy (non-hydrogen) atoms. The average molecular weight is 332 g/mol. The number of nitro benzene ring substituents is 1. The minimum Gasteiger partial charge on any atom is -0.465 e. The van der Waals surface area contributed by atoms with E-state index in [0.717, 1.165) is 6.54 Å². The fraction of sp³-hybridized carbons (Fsp3) is 0.375. The zero-order valence-corrected chi connectivity index (χ0v) is 13.9. The number of benzene rings is 1. The van der Waals surface area contributed by atoms with E-state index < -0.39 is 10.9 Å². The predicted octanol–water partition coefficient (Wildman–Crippen LogP) is 2.63. The van der Waals surface area contributed by atoms with Gasteiger partial charge in [-0.05, 0) is 18.9 Å². The fourth-order valence-electron chi connectivity index (χ4n) is 2.42. The topological polar surface area (TPSA) is 99.3 Å². The van der Waals surface area contributed by atoms with Crippen molar-refractivity contribution in [1.29, 1.82) is 0 Å². The van der Waals surface area contributed by atoms with Crippen LogP contribution in [0.2, 0.25) is 0 Å². The monoisotopic (exact) mass is 332 g/mol. The minimum atomic E-state index is -0.608. The lowest BCUT2D eigenvalue weighted by atomic mass is 10.1. The molecule has 0 unspecified atom stereocenters. The Labute approximate surface area is 139 Å². The van der Waals surface area contributed by atoms with Gasteiger partial charge in [0, 0.05) is 42.8 Å². The maximum atomic E-state index is 11.9. The lowest BCUT2D eigenvalue weighted by Gasteiger charge is -2.16. The normalized spacial score (nSPS) is 11.8. The third kappa shape index (κ3) is 4.09. The molecule has 0 amide bonds. The summed E-state index contributed by atoms with van der Waals surface area (Å²) in [6.07, 6.45) is 5.34. The number of methoxy groups -OCH3 is 1. The van der Waals surface area contributed by atoms with Crippen LogP contribution in [0.25, 0.3) is 0 Å². The van der Waals surface area contributed by atoms with Crippen molar-refractivity contribution in [3.8, 4) is 0 Å². The van der Waals surface area contributed by atoms with Crippen molar-refractivity contribution < 1.29 is 14.5 Å². The molecule has 0 bridgehead atoms. The Kier molecular flexibility index (Phi) is 5.51. The molecular formula is C16H20N4O4. The van der Waals surface area contributed by atoms with Crippen LogP contribution in [-0.4, -0.2) is 34.1 Å². The number of ether oxygens (including phenoxy) is 1. The first-order valence-corrected chi connectivity index (χ1v) is 7.49. The highest BCUT2D eigenvalue weighted by Gasteiger charge is 2.20. The van der Waals surface area contributed by atoms with E-state index in [4.69, 9.17) is 4.74 Å². The van der Waals surface area contributed by atoms with Gasteiger partial charge in [0.2, 0.25) is 0 Å². The molecule has 8 nitrogen and oxygen atoms in total. The summed E-state index contributed by atoms with van der Waals surface area (Å²) in [5.74, 6) is -0.344. The first-order chi connectivity index (χ1) is 11.4. The summed E-state index contributed by atoms with van der Waals surface area (Å²) in [6.45, 7) is 5.06. The van der Waals surface area contributed by atoms with Crippen LogP contribution in [0.15, 0.2) is 30.9 Å². The molecular weight excluding hydrogens is 312 g/mol. The van der Waals surface area contributed by atoms with E-state index in [-0.39, 0.29) is 17.2 Å². The standard InChI is InChI=1S/C16H20N4O4/c1-11(9-19-5-4-17-10-19)8-18-14-6-12(2)15(20(22)23)7-13(14)16(21)24-3/h4-7,10-11,18H,8-9H2,1-3H3/t11-/m1/s1. The number of nitro groups is 1. The van der Waals surface area contributed by atoms with Gasteiger partial charge in [0.15, 0.2) is 0 Å². The number of esters is 1.